The molecule has 1 aliphatic rings. The molecule has 2 atom stereocenters. The minimum absolute atomic E-state index is 0. The molecule has 130 valence electrons. The molecular weight excluding hydrogens is 312 g/mol. The average molecular weight is 341 g/mol. The lowest BCUT2D eigenvalue weighted by Crippen LogP contribution is -2.44. The molecule has 1 heterocycles. The summed E-state index contributed by atoms with van der Waals surface area (Å²) in [6, 6.07) is 6.36. The van der Waals surface area contributed by atoms with E-state index in [9.17, 15) is 4.79 Å². The van der Waals surface area contributed by atoms with Gasteiger partial charge in [-0.3, -0.25) is 4.79 Å². The van der Waals surface area contributed by atoms with Gasteiger partial charge in [0.1, 0.15) is 5.75 Å². The summed E-state index contributed by atoms with van der Waals surface area (Å²) in [6.45, 7) is 10.1. The summed E-state index contributed by atoms with van der Waals surface area (Å²) in [5.41, 5.74) is 2.53. The molecule has 5 heteroatoms. The highest BCUT2D eigenvalue weighted by Crippen LogP contribution is 2.24. The van der Waals surface area contributed by atoms with Gasteiger partial charge in [0, 0.05) is 19.6 Å². The first-order valence-electron chi connectivity index (χ1n) is 8.14. The zero-order valence-electron chi connectivity index (χ0n) is 14.8. The summed E-state index contributed by atoms with van der Waals surface area (Å²) in [5, 5.41) is 3.29. The number of amides is 1. The molecule has 0 bridgehead atoms. The number of nitrogens with zero attached hydrogens (tertiary/aromatic N) is 1. The fraction of sp³-hybridized carbons (Fsp3) is 0.611. The molecular formula is C18H29ClN2O2. The zero-order chi connectivity index (χ0) is 16.3. The Kier molecular flexibility index (Phi) is 7.36. The van der Waals surface area contributed by atoms with Crippen LogP contribution in [0.25, 0.3) is 0 Å². The molecule has 0 aromatic heterocycles. The van der Waals surface area contributed by atoms with Crippen molar-refractivity contribution in [2.45, 2.75) is 52.2 Å². The molecule has 1 saturated heterocycles. The maximum absolute atomic E-state index is 12.5. The molecule has 0 spiro atoms. The third-order valence-corrected chi connectivity index (χ3v) is 4.45. The first kappa shape index (κ1) is 19.8. The number of rotatable bonds is 5. The largest absolute Gasteiger partial charge is 0.481 e. The second-order valence-corrected chi connectivity index (χ2v) is 6.53. The van der Waals surface area contributed by atoms with E-state index in [1.54, 1.807) is 0 Å². The van der Waals surface area contributed by atoms with Crippen LogP contribution >= 0.6 is 12.4 Å². The number of halogens is 1. The van der Waals surface area contributed by atoms with Crippen molar-refractivity contribution in [3.8, 4) is 5.75 Å². The molecule has 1 aromatic rings. The second-order valence-electron chi connectivity index (χ2n) is 6.53. The number of nitrogens with one attached hydrogen (secondary N) is 1. The van der Waals surface area contributed by atoms with Crippen LogP contribution in [0.3, 0.4) is 0 Å². The number of carbonyl (C=O) groups is 1. The van der Waals surface area contributed by atoms with E-state index in [1.807, 2.05) is 31.0 Å². The molecule has 0 saturated carbocycles. The first-order chi connectivity index (χ1) is 10.4. The third kappa shape index (κ3) is 4.85. The van der Waals surface area contributed by atoms with Crippen LogP contribution < -0.4 is 10.1 Å². The van der Waals surface area contributed by atoms with Crippen molar-refractivity contribution >= 4 is 18.3 Å². The zero-order valence-corrected chi connectivity index (χ0v) is 15.6. The summed E-state index contributed by atoms with van der Waals surface area (Å²) >= 11 is 0. The molecule has 0 radical (unpaired) electrons. The van der Waals surface area contributed by atoms with Gasteiger partial charge in [-0.1, -0.05) is 19.9 Å². The van der Waals surface area contributed by atoms with Crippen LogP contribution in [0.15, 0.2) is 18.2 Å². The predicted octanol–water partition coefficient (Wildman–Crippen LogP) is 3.13. The van der Waals surface area contributed by atoms with E-state index >= 15 is 0 Å². The van der Waals surface area contributed by atoms with Crippen molar-refractivity contribution in [2.75, 3.05) is 20.1 Å². The molecule has 1 amide bonds. The van der Waals surface area contributed by atoms with Gasteiger partial charge in [-0.2, -0.15) is 0 Å². The van der Waals surface area contributed by atoms with Gasteiger partial charge >= 0.3 is 0 Å². The lowest BCUT2D eigenvalue weighted by Gasteiger charge is -2.27. The Morgan fingerprint density at radius 2 is 2.04 bits per heavy atom. The van der Waals surface area contributed by atoms with Gasteiger partial charge in [0.2, 0.25) is 0 Å². The van der Waals surface area contributed by atoms with Crippen molar-refractivity contribution in [3.05, 3.63) is 29.3 Å². The molecule has 0 aliphatic carbocycles. The van der Waals surface area contributed by atoms with Crippen molar-refractivity contribution < 1.29 is 9.53 Å². The van der Waals surface area contributed by atoms with Crippen LogP contribution in [0.2, 0.25) is 0 Å². The van der Waals surface area contributed by atoms with E-state index in [0.717, 1.165) is 25.3 Å². The van der Waals surface area contributed by atoms with Crippen molar-refractivity contribution in [1.29, 1.82) is 0 Å². The summed E-state index contributed by atoms with van der Waals surface area (Å²) < 4.78 is 5.86. The lowest BCUT2D eigenvalue weighted by molar-refractivity contribution is -0.138. The Labute approximate surface area is 146 Å². The fourth-order valence-electron chi connectivity index (χ4n) is 3.06. The van der Waals surface area contributed by atoms with Gasteiger partial charge in [0.25, 0.3) is 5.91 Å². The molecule has 23 heavy (non-hydrogen) atoms. The first-order valence-corrected chi connectivity index (χ1v) is 8.14. The number of hydrogen-bond donors (Lipinski definition) is 1. The minimum atomic E-state index is -0.463. The molecule has 2 unspecified atom stereocenters. The lowest BCUT2D eigenvalue weighted by atomic mass is 9.98. The van der Waals surface area contributed by atoms with Crippen LogP contribution in [-0.2, 0) is 4.79 Å². The average Bonchev–Trinajstić information content (AvgIpc) is 2.99. The van der Waals surface area contributed by atoms with Gasteiger partial charge < -0.3 is 15.0 Å². The van der Waals surface area contributed by atoms with Crippen LogP contribution in [0.5, 0.6) is 5.75 Å². The molecule has 4 nitrogen and oxygen atoms in total. The highest BCUT2D eigenvalue weighted by Gasteiger charge is 2.27. The molecule has 1 aromatic carbocycles. The Morgan fingerprint density at radius 3 is 2.57 bits per heavy atom. The molecule has 1 aliphatic heterocycles. The van der Waals surface area contributed by atoms with Gasteiger partial charge in [-0.05, 0) is 56.0 Å². The fourth-order valence-corrected chi connectivity index (χ4v) is 3.06. The number of carbonyl (C=O) groups excluding carboxylic acids is 1. The number of ether oxygens (including phenoxy) is 1. The van der Waals surface area contributed by atoms with Crippen LogP contribution in [-0.4, -0.2) is 43.1 Å². The van der Waals surface area contributed by atoms with E-state index < -0.39 is 6.10 Å². The number of benzene rings is 1. The van der Waals surface area contributed by atoms with Crippen LogP contribution in [0.4, 0.5) is 0 Å². The third-order valence-electron chi connectivity index (χ3n) is 4.45. The Hall–Kier alpha value is -1.26. The topological polar surface area (TPSA) is 41.6 Å². The standard InChI is InChI=1S/C18H28N2O2.ClH/c1-12(2)17-7-6-16(10-13(17)3)22-14(4)18(21)20(5)15-8-9-19-11-15;/h6-7,10,12,14-15,19H,8-9,11H2,1-5H3;1H. The quantitative estimate of drug-likeness (QED) is 0.895. The summed E-state index contributed by atoms with van der Waals surface area (Å²) in [4.78, 5) is 14.3. The van der Waals surface area contributed by atoms with Gasteiger partial charge in [-0.25, -0.2) is 0 Å². The Balaban J connectivity index is 0.00000264. The van der Waals surface area contributed by atoms with Crippen LogP contribution in [0, 0.1) is 6.92 Å². The Morgan fingerprint density at radius 1 is 1.35 bits per heavy atom. The number of aryl methyl sites for hydroxylation is 1. The Bertz CT molecular complexity index is 528. The van der Waals surface area contributed by atoms with Crippen molar-refractivity contribution in [3.63, 3.8) is 0 Å². The van der Waals surface area contributed by atoms with E-state index in [4.69, 9.17) is 4.74 Å². The molecule has 1 fully saturated rings. The van der Waals surface area contributed by atoms with E-state index in [2.05, 4.69) is 32.2 Å². The van der Waals surface area contributed by atoms with E-state index in [-0.39, 0.29) is 24.4 Å². The monoisotopic (exact) mass is 340 g/mol. The molecule has 1 N–H and O–H groups in total. The highest BCUT2D eigenvalue weighted by atomic mass is 35.5. The van der Waals surface area contributed by atoms with Gasteiger partial charge in [0.15, 0.2) is 6.10 Å². The SMILES string of the molecule is Cc1cc(OC(C)C(=O)N(C)C2CCNC2)ccc1C(C)C.Cl. The van der Waals surface area contributed by atoms with Crippen LogP contribution in [0.1, 0.15) is 44.2 Å². The van der Waals surface area contributed by atoms with E-state index in [1.165, 1.54) is 11.1 Å². The maximum Gasteiger partial charge on any atom is 0.263 e. The summed E-state index contributed by atoms with van der Waals surface area (Å²) in [5.74, 6) is 1.30. The second kappa shape index (κ2) is 8.55. The molecule has 2 rings (SSSR count). The van der Waals surface area contributed by atoms with Crippen molar-refractivity contribution in [2.24, 2.45) is 0 Å². The minimum Gasteiger partial charge on any atom is -0.481 e. The normalized spacial score (nSPS) is 18.4. The summed E-state index contributed by atoms with van der Waals surface area (Å²) in [6.07, 6.45) is 0.548. The number of likely N-dealkylation sites (N-methyl/N-ethyl adjacent to an activating group) is 1. The van der Waals surface area contributed by atoms with Gasteiger partial charge in [0.05, 0.1) is 0 Å². The smallest absolute Gasteiger partial charge is 0.263 e. The highest BCUT2D eigenvalue weighted by molar-refractivity contribution is 5.85. The van der Waals surface area contributed by atoms with E-state index in [0.29, 0.717) is 5.92 Å². The van der Waals surface area contributed by atoms with Gasteiger partial charge in [-0.15, -0.1) is 12.4 Å². The van der Waals surface area contributed by atoms with Crippen molar-refractivity contribution in [1.82, 2.24) is 10.2 Å². The summed E-state index contributed by atoms with van der Waals surface area (Å²) in [7, 11) is 1.87. The number of hydrogen-bond acceptors (Lipinski definition) is 3. The maximum atomic E-state index is 12.5. The predicted molar refractivity (Wildman–Crippen MR) is 96.7 cm³/mol.